The van der Waals surface area contributed by atoms with Crippen molar-refractivity contribution in [2.45, 2.75) is 51.7 Å². The van der Waals surface area contributed by atoms with Gasteiger partial charge < -0.3 is 20.6 Å². The predicted octanol–water partition coefficient (Wildman–Crippen LogP) is 3.88. The number of hydrogen-bond donors (Lipinski definition) is 3. The van der Waals surface area contributed by atoms with Crippen LogP contribution in [-0.2, 0) is 10.5 Å². The van der Waals surface area contributed by atoms with E-state index in [0.717, 1.165) is 42.1 Å². The van der Waals surface area contributed by atoms with E-state index in [1.165, 1.54) is 25.7 Å². The highest BCUT2D eigenvalue weighted by atomic mass is 16.3. The largest absolute Gasteiger partial charge is 0.359 e. The Hall–Kier alpha value is -2.90. The summed E-state index contributed by atoms with van der Waals surface area (Å²) < 4.78 is 0. The summed E-state index contributed by atoms with van der Waals surface area (Å²) in [5, 5.41) is 17.6. The Balaban J connectivity index is 1.56. The molecule has 0 saturated carbocycles. The fraction of sp³-hybridized carbons (Fsp3) is 0.462. The van der Waals surface area contributed by atoms with Crippen LogP contribution in [0.1, 0.15) is 48.8 Å². The van der Waals surface area contributed by atoms with Gasteiger partial charge in [-0.3, -0.25) is 9.69 Å². The van der Waals surface area contributed by atoms with Crippen molar-refractivity contribution in [2.75, 3.05) is 36.4 Å². The molecule has 2 aliphatic rings. The fourth-order valence-electron chi connectivity index (χ4n) is 4.71. The lowest BCUT2D eigenvalue weighted by molar-refractivity contribution is -0.140. The fourth-order valence-corrected chi connectivity index (χ4v) is 4.71. The van der Waals surface area contributed by atoms with Crippen LogP contribution in [0.25, 0.3) is 0 Å². The highest BCUT2D eigenvalue weighted by Crippen LogP contribution is 2.40. The Morgan fingerprint density at radius 3 is 2.52 bits per heavy atom. The van der Waals surface area contributed by atoms with Gasteiger partial charge >= 0.3 is 6.03 Å². The molecule has 2 aliphatic heterocycles. The highest BCUT2D eigenvalue weighted by Gasteiger charge is 2.51. The standard InChI is InChI=1S/C26H34N4O3/c1-19-12-13-21(18-20(19)2)30-25(32)28-23-11-6-5-10-22(23)26(30,33)24(31)27-14-9-17-29-15-7-3-4-8-16-29/h5-6,10-13,18,33H,3-4,7-9,14-17H2,1-2H3,(H,27,31)(H,28,32). The minimum absolute atomic E-state index is 0.354. The van der Waals surface area contributed by atoms with E-state index in [2.05, 4.69) is 15.5 Å². The molecule has 1 fully saturated rings. The molecule has 2 aromatic carbocycles. The number of aliphatic hydroxyl groups is 1. The molecule has 1 unspecified atom stereocenters. The number of nitrogens with zero attached hydrogens (tertiary/aromatic N) is 2. The molecule has 2 aromatic rings. The summed E-state index contributed by atoms with van der Waals surface area (Å²) in [7, 11) is 0. The van der Waals surface area contributed by atoms with Gasteiger partial charge in [-0.25, -0.2) is 4.79 Å². The third-order valence-electron chi connectivity index (χ3n) is 6.77. The van der Waals surface area contributed by atoms with Gasteiger partial charge in [0.2, 0.25) is 0 Å². The molecule has 7 nitrogen and oxygen atoms in total. The molecule has 0 aromatic heterocycles. The number of anilines is 2. The zero-order valence-electron chi connectivity index (χ0n) is 19.6. The summed E-state index contributed by atoms with van der Waals surface area (Å²) in [4.78, 5) is 30.2. The van der Waals surface area contributed by atoms with E-state index in [4.69, 9.17) is 0 Å². The van der Waals surface area contributed by atoms with Gasteiger partial charge in [0.1, 0.15) is 0 Å². The van der Waals surface area contributed by atoms with Crippen LogP contribution in [0.2, 0.25) is 0 Å². The van der Waals surface area contributed by atoms with Crippen molar-refractivity contribution >= 4 is 23.3 Å². The van der Waals surface area contributed by atoms with Crippen LogP contribution >= 0.6 is 0 Å². The van der Waals surface area contributed by atoms with E-state index in [-0.39, 0.29) is 0 Å². The second-order valence-corrected chi connectivity index (χ2v) is 9.12. The van der Waals surface area contributed by atoms with E-state index >= 15 is 0 Å². The Morgan fingerprint density at radius 2 is 1.79 bits per heavy atom. The lowest BCUT2D eigenvalue weighted by Crippen LogP contribution is -2.62. The maximum absolute atomic E-state index is 13.5. The summed E-state index contributed by atoms with van der Waals surface area (Å²) in [5.74, 6) is -0.598. The van der Waals surface area contributed by atoms with Crippen LogP contribution < -0.4 is 15.5 Å². The third kappa shape index (κ3) is 4.75. The maximum atomic E-state index is 13.5. The number of fused-ring (bicyclic) bond motifs is 1. The van der Waals surface area contributed by atoms with Crippen LogP contribution in [0, 0.1) is 13.8 Å². The average Bonchev–Trinajstić information content (AvgIpc) is 3.08. The SMILES string of the molecule is Cc1ccc(N2C(=O)Nc3ccccc3C2(O)C(=O)NCCCN2CCCCCC2)cc1C. The molecule has 2 heterocycles. The first-order valence-corrected chi connectivity index (χ1v) is 11.9. The van der Waals surface area contributed by atoms with Crippen molar-refractivity contribution in [1.29, 1.82) is 0 Å². The number of likely N-dealkylation sites (tertiary alicyclic amines) is 1. The number of carbonyl (C=O) groups excluding carboxylic acids is 2. The van der Waals surface area contributed by atoms with E-state index in [0.29, 0.717) is 23.5 Å². The van der Waals surface area contributed by atoms with Crippen LogP contribution in [0.4, 0.5) is 16.2 Å². The van der Waals surface area contributed by atoms with Crippen molar-refractivity contribution in [3.8, 4) is 0 Å². The molecule has 0 spiro atoms. The Kier molecular flexibility index (Phi) is 7.00. The van der Waals surface area contributed by atoms with Gasteiger partial charge in [-0.15, -0.1) is 0 Å². The van der Waals surface area contributed by atoms with E-state index < -0.39 is 17.7 Å². The lowest BCUT2D eigenvalue weighted by atomic mass is 9.94. The van der Waals surface area contributed by atoms with Crippen molar-refractivity contribution in [1.82, 2.24) is 10.2 Å². The topological polar surface area (TPSA) is 84.9 Å². The summed E-state index contributed by atoms with van der Waals surface area (Å²) >= 11 is 0. The Labute approximate surface area is 195 Å². The van der Waals surface area contributed by atoms with Gasteiger partial charge in [-0.1, -0.05) is 37.1 Å². The smallest absolute Gasteiger partial charge is 0.329 e. The molecular formula is C26H34N4O3. The van der Waals surface area contributed by atoms with Gasteiger partial charge in [-0.2, -0.15) is 0 Å². The van der Waals surface area contributed by atoms with Crippen LogP contribution in [0.5, 0.6) is 0 Å². The number of amides is 3. The number of benzene rings is 2. The number of nitrogens with one attached hydrogen (secondary N) is 2. The molecule has 0 aliphatic carbocycles. The van der Waals surface area contributed by atoms with Gasteiger partial charge in [0.15, 0.2) is 0 Å². The second kappa shape index (κ2) is 9.93. The first-order valence-electron chi connectivity index (χ1n) is 11.9. The summed E-state index contributed by atoms with van der Waals surface area (Å²) in [5.41, 5.74) is 1.14. The number of hydrogen-bond acceptors (Lipinski definition) is 4. The summed E-state index contributed by atoms with van der Waals surface area (Å²) in [6.07, 6.45) is 5.82. The number of aryl methyl sites for hydroxylation is 2. The number of para-hydroxylation sites is 1. The molecule has 3 N–H and O–H groups in total. The molecule has 4 rings (SSSR count). The van der Waals surface area contributed by atoms with E-state index in [1.54, 1.807) is 30.3 Å². The van der Waals surface area contributed by atoms with Crippen molar-refractivity contribution in [2.24, 2.45) is 0 Å². The number of rotatable bonds is 6. The molecule has 33 heavy (non-hydrogen) atoms. The van der Waals surface area contributed by atoms with Crippen molar-refractivity contribution < 1.29 is 14.7 Å². The quantitative estimate of drug-likeness (QED) is 0.583. The molecule has 7 heteroatoms. The first-order chi connectivity index (χ1) is 15.9. The molecule has 3 amide bonds. The zero-order chi connectivity index (χ0) is 23.4. The van der Waals surface area contributed by atoms with Gasteiger partial charge in [0.05, 0.1) is 5.69 Å². The Bertz CT molecular complexity index is 1020. The van der Waals surface area contributed by atoms with Crippen molar-refractivity contribution in [3.05, 3.63) is 59.2 Å². The molecule has 176 valence electrons. The summed E-state index contributed by atoms with van der Waals surface area (Å²) in [6.45, 7) is 7.47. The average molecular weight is 451 g/mol. The van der Waals surface area contributed by atoms with Crippen molar-refractivity contribution in [3.63, 3.8) is 0 Å². The summed E-state index contributed by atoms with van der Waals surface area (Å²) in [6, 6.07) is 11.8. The molecule has 1 atom stereocenters. The Morgan fingerprint density at radius 1 is 1.06 bits per heavy atom. The van der Waals surface area contributed by atoms with Gasteiger partial charge in [-0.05, 0) is 82.1 Å². The third-order valence-corrected chi connectivity index (χ3v) is 6.77. The van der Waals surface area contributed by atoms with E-state index in [9.17, 15) is 14.7 Å². The van der Waals surface area contributed by atoms with Crippen LogP contribution in [0.3, 0.4) is 0 Å². The number of carbonyl (C=O) groups is 2. The van der Waals surface area contributed by atoms with Crippen LogP contribution in [-0.4, -0.2) is 48.1 Å². The maximum Gasteiger partial charge on any atom is 0.329 e. The number of urea groups is 1. The van der Waals surface area contributed by atoms with Crippen LogP contribution in [0.15, 0.2) is 42.5 Å². The minimum atomic E-state index is -2.15. The van der Waals surface area contributed by atoms with Gasteiger partial charge in [0, 0.05) is 17.8 Å². The predicted molar refractivity (Wildman–Crippen MR) is 130 cm³/mol. The molecular weight excluding hydrogens is 416 g/mol. The normalized spacial score (nSPS) is 21.2. The molecule has 1 saturated heterocycles. The van der Waals surface area contributed by atoms with Gasteiger partial charge in [0.25, 0.3) is 11.6 Å². The monoisotopic (exact) mass is 450 g/mol. The lowest BCUT2D eigenvalue weighted by Gasteiger charge is -2.42. The first kappa shape index (κ1) is 23.3. The molecule has 0 bridgehead atoms. The minimum Gasteiger partial charge on any atom is -0.359 e. The highest BCUT2D eigenvalue weighted by molar-refractivity contribution is 6.11. The zero-order valence-corrected chi connectivity index (χ0v) is 19.6. The second-order valence-electron chi connectivity index (χ2n) is 9.12. The molecule has 0 radical (unpaired) electrons. The van der Waals surface area contributed by atoms with E-state index in [1.807, 2.05) is 26.0 Å².